The Morgan fingerprint density at radius 2 is 1.76 bits per heavy atom. The zero-order valence-corrected chi connectivity index (χ0v) is 11.6. The fourth-order valence-electron chi connectivity index (χ4n) is 1.62. The van der Waals surface area contributed by atoms with Crippen molar-refractivity contribution in [2.75, 3.05) is 14.1 Å². The molecule has 0 aliphatic heterocycles. The van der Waals surface area contributed by atoms with Gasteiger partial charge in [-0.3, -0.25) is 9.78 Å². The molecule has 0 radical (unpaired) electrons. The lowest BCUT2D eigenvalue weighted by Crippen LogP contribution is -2.22. The van der Waals surface area contributed by atoms with Crippen LogP contribution in [0.5, 0.6) is 11.5 Å². The summed E-state index contributed by atoms with van der Waals surface area (Å²) in [4.78, 5) is 28.0. The fourth-order valence-corrected chi connectivity index (χ4v) is 1.62. The van der Waals surface area contributed by atoms with Crippen LogP contribution in [-0.2, 0) is 0 Å². The van der Waals surface area contributed by atoms with Crippen molar-refractivity contribution < 1.29 is 19.4 Å². The number of pyridine rings is 1. The number of benzene rings is 1. The van der Waals surface area contributed by atoms with Gasteiger partial charge in [-0.2, -0.15) is 0 Å². The van der Waals surface area contributed by atoms with Crippen molar-refractivity contribution in [2.24, 2.45) is 0 Å². The van der Waals surface area contributed by atoms with Crippen molar-refractivity contribution in [1.29, 1.82) is 0 Å². The zero-order chi connectivity index (χ0) is 15.4. The molecule has 1 N–H and O–H groups in total. The second-order valence-corrected chi connectivity index (χ2v) is 4.51. The molecule has 0 aliphatic carbocycles. The molecule has 1 heterocycles. The standard InChI is InChI=1S/C15H14N2O4/c1-17(2)14(18)13-9-12(7-8-16-13)21-11-5-3-10(4-6-11)15(19)20/h3-9H,1-2H3,(H,19,20). The van der Waals surface area contributed by atoms with E-state index in [0.29, 0.717) is 11.5 Å². The lowest BCUT2D eigenvalue weighted by Gasteiger charge is -2.11. The highest BCUT2D eigenvalue weighted by molar-refractivity contribution is 5.92. The summed E-state index contributed by atoms with van der Waals surface area (Å²) in [6.45, 7) is 0. The Bertz CT molecular complexity index is 666. The molecule has 2 aromatic rings. The molecule has 1 aromatic carbocycles. The van der Waals surface area contributed by atoms with Crippen LogP contribution in [0.4, 0.5) is 0 Å². The second kappa shape index (κ2) is 6.04. The first-order chi connectivity index (χ1) is 9.97. The van der Waals surface area contributed by atoms with Gasteiger partial charge in [0.2, 0.25) is 0 Å². The van der Waals surface area contributed by atoms with Gasteiger partial charge in [-0.15, -0.1) is 0 Å². The van der Waals surface area contributed by atoms with Crippen LogP contribution >= 0.6 is 0 Å². The quantitative estimate of drug-likeness (QED) is 0.932. The highest BCUT2D eigenvalue weighted by atomic mass is 16.5. The molecular weight excluding hydrogens is 272 g/mol. The van der Waals surface area contributed by atoms with E-state index in [9.17, 15) is 9.59 Å². The molecule has 0 atom stereocenters. The van der Waals surface area contributed by atoms with E-state index < -0.39 is 5.97 Å². The maximum Gasteiger partial charge on any atom is 0.335 e. The molecule has 0 aliphatic rings. The molecule has 1 amide bonds. The van der Waals surface area contributed by atoms with E-state index in [1.807, 2.05) is 0 Å². The minimum absolute atomic E-state index is 0.181. The van der Waals surface area contributed by atoms with E-state index in [1.165, 1.54) is 29.3 Å². The van der Waals surface area contributed by atoms with E-state index in [0.717, 1.165) is 0 Å². The summed E-state index contributed by atoms with van der Waals surface area (Å²) in [7, 11) is 3.28. The number of rotatable bonds is 4. The van der Waals surface area contributed by atoms with E-state index in [4.69, 9.17) is 9.84 Å². The first-order valence-electron chi connectivity index (χ1n) is 6.16. The summed E-state index contributed by atoms with van der Waals surface area (Å²) in [5.74, 6) is -0.279. The van der Waals surface area contributed by atoms with Crippen LogP contribution in [0.2, 0.25) is 0 Å². The number of carboxylic acids is 1. The molecule has 0 unspecified atom stereocenters. The number of aromatic nitrogens is 1. The molecule has 21 heavy (non-hydrogen) atoms. The number of amides is 1. The van der Waals surface area contributed by atoms with Crippen LogP contribution in [0.1, 0.15) is 20.8 Å². The van der Waals surface area contributed by atoms with Crippen molar-refractivity contribution in [3.05, 3.63) is 53.9 Å². The molecule has 0 spiro atoms. The van der Waals surface area contributed by atoms with E-state index >= 15 is 0 Å². The number of hydrogen-bond donors (Lipinski definition) is 1. The Balaban J connectivity index is 2.18. The molecule has 0 bridgehead atoms. The number of carboxylic acid groups (broad SMARTS) is 1. The highest BCUT2D eigenvalue weighted by Crippen LogP contribution is 2.22. The number of hydrogen-bond acceptors (Lipinski definition) is 4. The predicted molar refractivity (Wildman–Crippen MR) is 75.7 cm³/mol. The highest BCUT2D eigenvalue weighted by Gasteiger charge is 2.11. The SMILES string of the molecule is CN(C)C(=O)c1cc(Oc2ccc(C(=O)O)cc2)ccn1. The summed E-state index contributed by atoms with van der Waals surface area (Å²) >= 11 is 0. The van der Waals surface area contributed by atoms with Gasteiger partial charge in [0, 0.05) is 26.4 Å². The smallest absolute Gasteiger partial charge is 0.335 e. The van der Waals surface area contributed by atoms with Crippen LogP contribution in [0.3, 0.4) is 0 Å². The van der Waals surface area contributed by atoms with Crippen LogP contribution in [0.25, 0.3) is 0 Å². The van der Waals surface area contributed by atoms with Crippen molar-refractivity contribution in [1.82, 2.24) is 9.88 Å². The summed E-state index contributed by atoms with van der Waals surface area (Å²) < 4.78 is 5.58. The maximum absolute atomic E-state index is 11.8. The average Bonchev–Trinajstić information content (AvgIpc) is 2.47. The number of carbonyl (C=O) groups excluding carboxylic acids is 1. The Morgan fingerprint density at radius 3 is 2.33 bits per heavy atom. The van der Waals surface area contributed by atoms with Gasteiger partial charge >= 0.3 is 5.97 Å². The molecule has 0 fully saturated rings. The molecule has 6 heteroatoms. The zero-order valence-electron chi connectivity index (χ0n) is 11.6. The lowest BCUT2D eigenvalue weighted by atomic mass is 10.2. The Hall–Kier alpha value is -2.89. The van der Waals surface area contributed by atoms with E-state index in [2.05, 4.69) is 4.98 Å². The number of nitrogens with zero attached hydrogens (tertiary/aromatic N) is 2. The van der Waals surface area contributed by atoms with Crippen LogP contribution in [0.15, 0.2) is 42.6 Å². The van der Waals surface area contributed by atoms with E-state index in [1.54, 1.807) is 32.3 Å². The fraction of sp³-hybridized carbons (Fsp3) is 0.133. The van der Waals surface area contributed by atoms with Gasteiger partial charge in [0.1, 0.15) is 17.2 Å². The van der Waals surface area contributed by atoms with Gasteiger partial charge in [0.15, 0.2) is 0 Å². The monoisotopic (exact) mass is 286 g/mol. The normalized spacial score (nSPS) is 10.0. The largest absolute Gasteiger partial charge is 0.478 e. The van der Waals surface area contributed by atoms with Gasteiger partial charge in [-0.25, -0.2) is 4.79 Å². The Kier molecular flexibility index (Phi) is 4.18. The molecule has 0 saturated carbocycles. The van der Waals surface area contributed by atoms with Crippen molar-refractivity contribution in [2.45, 2.75) is 0 Å². The van der Waals surface area contributed by atoms with Crippen molar-refractivity contribution in [3.63, 3.8) is 0 Å². The first kappa shape index (κ1) is 14.5. The molecule has 6 nitrogen and oxygen atoms in total. The molecule has 0 saturated heterocycles. The molecule has 108 valence electrons. The predicted octanol–water partition coefficient (Wildman–Crippen LogP) is 2.27. The maximum atomic E-state index is 11.8. The third kappa shape index (κ3) is 3.56. The van der Waals surface area contributed by atoms with Crippen LogP contribution in [-0.4, -0.2) is 41.0 Å². The summed E-state index contributed by atoms with van der Waals surface area (Å²) in [5, 5.41) is 8.82. The Labute approximate surface area is 121 Å². The first-order valence-corrected chi connectivity index (χ1v) is 6.16. The van der Waals surface area contributed by atoms with Crippen molar-refractivity contribution >= 4 is 11.9 Å². The minimum Gasteiger partial charge on any atom is -0.478 e. The molecular formula is C15H14N2O4. The third-order valence-electron chi connectivity index (χ3n) is 2.69. The van der Waals surface area contributed by atoms with Gasteiger partial charge in [-0.05, 0) is 30.3 Å². The Morgan fingerprint density at radius 1 is 1.10 bits per heavy atom. The van der Waals surface area contributed by atoms with E-state index in [-0.39, 0.29) is 17.2 Å². The molecule has 2 rings (SSSR count). The second-order valence-electron chi connectivity index (χ2n) is 4.51. The summed E-state index contributed by atoms with van der Waals surface area (Å²) in [5.41, 5.74) is 0.459. The lowest BCUT2D eigenvalue weighted by molar-refractivity contribution is 0.0696. The number of ether oxygens (including phenoxy) is 1. The van der Waals surface area contributed by atoms with Crippen LogP contribution < -0.4 is 4.74 Å². The van der Waals surface area contributed by atoms with Gasteiger partial charge in [0.25, 0.3) is 5.91 Å². The topological polar surface area (TPSA) is 79.7 Å². The number of aromatic carboxylic acids is 1. The summed E-state index contributed by atoms with van der Waals surface area (Å²) in [6.07, 6.45) is 1.48. The third-order valence-corrected chi connectivity index (χ3v) is 2.69. The van der Waals surface area contributed by atoms with Crippen molar-refractivity contribution in [3.8, 4) is 11.5 Å². The van der Waals surface area contributed by atoms with Gasteiger partial charge in [0.05, 0.1) is 5.56 Å². The average molecular weight is 286 g/mol. The molecule has 1 aromatic heterocycles. The van der Waals surface area contributed by atoms with Gasteiger partial charge in [-0.1, -0.05) is 0 Å². The minimum atomic E-state index is -0.996. The van der Waals surface area contributed by atoms with Gasteiger partial charge < -0.3 is 14.7 Å². The number of carbonyl (C=O) groups is 2. The summed E-state index contributed by atoms with van der Waals surface area (Å²) in [6, 6.07) is 9.16. The van der Waals surface area contributed by atoms with Crippen LogP contribution in [0, 0.1) is 0 Å².